The maximum absolute atomic E-state index is 12.1. The van der Waals surface area contributed by atoms with Crippen molar-refractivity contribution >= 4 is 23.8 Å². The van der Waals surface area contributed by atoms with Crippen LogP contribution in [0.5, 0.6) is 11.5 Å². The van der Waals surface area contributed by atoms with E-state index >= 15 is 0 Å². The Kier molecular flexibility index (Phi) is 6.49. The first kappa shape index (κ1) is 17.3. The molecule has 0 aromatic heterocycles. The number of hydrogen-bond acceptors (Lipinski definition) is 4. The highest BCUT2D eigenvalue weighted by Gasteiger charge is 2.25. The summed E-state index contributed by atoms with van der Waals surface area (Å²) in [6.07, 6.45) is 1.51. The zero-order valence-electron chi connectivity index (χ0n) is 12.6. The molecule has 1 rings (SSSR count). The van der Waals surface area contributed by atoms with Gasteiger partial charge in [0.15, 0.2) is 16.9 Å². The predicted molar refractivity (Wildman–Crippen MR) is 80.6 cm³/mol. The van der Waals surface area contributed by atoms with Gasteiger partial charge in [-0.15, -0.1) is 11.6 Å². The molecule has 0 bridgehead atoms. The van der Waals surface area contributed by atoms with Gasteiger partial charge in [-0.1, -0.05) is 6.07 Å². The molecule has 1 aromatic rings. The fraction of sp³-hybridized carbons (Fsp3) is 0.467. The van der Waals surface area contributed by atoms with E-state index in [1.165, 1.54) is 11.2 Å². The number of carbonyl (C=O) groups is 1. The summed E-state index contributed by atoms with van der Waals surface area (Å²) in [4.78, 5) is 24.2. The molecule has 0 spiro atoms. The Hall–Kier alpha value is -1.75. The van der Waals surface area contributed by atoms with E-state index in [1.54, 1.807) is 26.4 Å². The van der Waals surface area contributed by atoms with Crippen LogP contribution in [-0.2, 0) is 16.1 Å². The molecule has 1 amide bonds. The van der Waals surface area contributed by atoms with Gasteiger partial charge in [-0.25, -0.2) is 0 Å². The standard InChI is InChI=1S/C15H19ClNO4/c1-10(2)17(15(19)12(16)9-18)8-11-5-6-13(20-3)14(7-11)21-4/h5-7,10,12H,8H2,1-4H3. The fourth-order valence-electron chi connectivity index (χ4n) is 1.89. The average molecular weight is 313 g/mol. The minimum atomic E-state index is -1.28. The maximum Gasteiger partial charge on any atom is 0.249 e. The highest BCUT2D eigenvalue weighted by atomic mass is 35.5. The van der Waals surface area contributed by atoms with Gasteiger partial charge in [0.1, 0.15) is 0 Å². The number of benzene rings is 1. The summed E-state index contributed by atoms with van der Waals surface area (Å²) >= 11 is 5.67. The first-order chi connectivity index (χ1) is 9.94. The van der Waals surface area contributed by atoms with Crippen LogP contribution in [0, 0.1) is 0 Å². The smallest absolute Gasteiger partial charge is 0.249 e. The van der Waals surface area contributed by atoms with Gasteiger partial charge < -0.3 is 14.4 Å². The van der Waals surface area contributed by atoms with Crippen LogP contribution in [0.3, 0.4) is 0 Å². The van der Waals surface area contributed by atoms with Crippen molar-refractivity contribution in [2.24, 2.45) is 0 Å². The van der Waals surface area contributed by atoms with Crippen molar-refractivity contribution in [1.29, 1.82) is 0 Å². The molecule has 1 atom stereocenters. The van der Waals surface area contributed by atoms with Gasteiger partial charge in [0, 0.05) is 12.6 Å². The van der Waals surface area contributed by atoms with Crippen LogP contribution in [0.15, 0.2) is 18.2 Å². The Balaban J connectivity index is 2.99. The number of ether oxygens (including phenoxy) is 2. The lowest BCUT2D eigenvalue weighted by molar-refractivity contribution is -0.131. The molecule has 1 unspecified atom stereocenters. The van der Waals surface area contributed by atoms with Crippen molar-refractivity contribution in [3.8, 4) is 11.5 Å². The first-order valence-corrected chi connectivity index (χ1v) is 6.91. The van der Waals surface area contributed by atoms with Crippen molar-refractivity contribution in [1.82, 2.24) is 4.90 Å². The lowest BCUT2D eigenvalue weighted by Gasteiger charge is -2.27. The van der Waals surface area contributed by atoms with Gasteiger partial charge in [0.25, 0.3) is 0 Å². The molecule has 1 aromatic carbocycles. The van der Waals surface area contributed by atoms with E-state index in [-0.39, 0.29) is 6.04 Å². The fourth-order valence-corrected chi connectivity index (χ4v) is 2.01. The molecule has 0 saturated heterocycles. The Labute approximate surface area is 129 Å². The van der Waals surface area contributed by atoms with Crippen LogP contribution in [0.1, 0.15) is 19.4 Å². The number of halogens is 1. The summed E-state index contributed by atoms with van der Waals surface area (Å²) in [5, 5.41) is -1.28. The summed E-state index contributed by atoms with van der Waals surface area (Å²) in [6.45, 7) is 4.03. The third-order valence-corrected chi connectivity index (χ3v) is 3.30. The highest BCUT2D eigenvalue weighted by Crippen LogP contribution is 2.28. The number of hydrogen-bond donors (Lipinski definition) is 0. The second-order valence-corrected chi connectivity index (χ2v) is 5.17. The third-order valence-electron chi connectivity index (χ3n) is 3.03. The van der Waals surface area contributed by atoms with E-state index in [0.717, 1.165) is 5.56 Å². The van der Waals surface area contributed by atoms with Gasteiger partial charge in [0.2, 0.25) is 12.2 Å². The Bertz CT molecular complexity index is 504. The number of methoxy groups -OCH3 is 2. The molecule has 5 nitrogen and oxygen atoms in total. The monoisotopic (exact) mass is 312 g/mol. The molecule has 1 radical (unpaired) electrons. The summed E-state index contributed by atoms with van der Waals surface area (Å²) in [5.41, 5.74) is 0.851. The van der Waals surface area contributed by atoms with E-state index < -0.39 is 11.3 Å². The molecule has 0 aliphatic carbocycles. The molecule has 21 heavy (non-hydrogen) atoms. The summed E-state index contributed by atoms with van der Waals surface area (Å²) in [7, 11) is 3.10. The van der Waals surface area contributed by atoms with Crippen LogP contribution >= 0.6 is 11.6 Å². The zero-order valence-corrected chi connectivity index (χ0v) is 13.3. The molecule has 0 aliphatic heterocycles. The largest absolute Gasteiger partial charge is 0.493 e. The van der Waals surface area contributed by atoms with E-state index in [4.69, 9.17) is 21.1 Å². The lowest BCUT2D eigenvalue weighted by atomic mass is 10.1. The predicted octanol–water partition coefficient (Wildman–Crippen LogP) is 2.16. The molecule has 0 fully saturated rings. The number of rotatable bonds is 7. The van der Waals surface area contributed by atoms with Gasteiger partial charge in [0.05, 0.1) is 14.2 Å². The van der Waals surface area contributed by atoms with Gasteiger partial charge >= 0.3 is 0 Å². The number of nitrogens with zero attached hydrogens (tertiary/aromatic N) is 1. The van der Waals surface area contributed by atoms with Crippen molar-refractivity contribution in [2.75, 3.05) is 14.2 Å². The Morgan fingerprint density at radius 1 is 1.29 bits per heavy atom. The number of carbonyl (C=O) groups excluding carboxylic acids is 2. The number of amides is 1. The molecular weight excluding hydrogens is 294 g/mol. The summed E-state index contributed by atoms with van der Waals surface area (Å²) in [6, 6.07) is 5.29. The summed E-state index contributed by atoms with van der Waals surface area (Å²) < 4.78 is 10.4. The second kappa shape index (κ2) is 7.88. The molecule has 0 saturated carbocycles. The lowest BCUT2D eigenvalue weighted by Crippen LogP contribution is -2.41. The van der Waals surface area contributed by atoms with Gasteiger partial charge in [-0.05, 0) is 31.5 Å². The van der Waals surface area contributed by atoms with Crippen LogP contribution < -0.4 is 9.47 Å². The third kappa shape index (κ3) is 4.36. The molecule has 115 valence electrons. The normalized spacial score (nSPS) is 11.9. The number of alkyl halides is 1. The van der Waals surface area contributed by atoms with E-state index in [2.05, 4.69) is 0 Å². The van der Waals surface area contributed by atoms with Crippen LogP contribution in [-0.4, -0.2) is 42.7 Å². The van der Waals surface area contributed by atoms with Crippen molar-refractivity contribution in [3.63, 3.8) is 0 Å². The quantitative estimate of drug-likeness (QED) is 0.572. The van der Waals surface area contributed by atoms with E-state index in [9.17, 15) is 9.59 Å². The molecule has 0 N–H and O–H groups in total. The van der Waals surface area contributed by atoms with Crippen molar-refractivity contribution in [3.05, 3.63) is 23.8 Å². The van der Waals surface area contributed by atoms with Gasteiger partial charge in [-0.3, -0.25) is 9.59 Å². The van der Waals surface area contributed by atoms with E-state index in [0.29, 0.717) is 18.0 Å². The minimum absolute atomic E-state index is 0.0970. The van der Waals surface area contributed by atoms with Crippen LogP contribution in [0.25, 0.3) is 0 Å². The molecule has 6 heteroatoms. The zero-order chi connectivity index (χ0) is 16.0. The highest BCUT2D eigenvalue weighted by molar-refractivity contribution is 6.38. The average Bonchev–Trinajstić information content (AvgIpc) is 2.50. The maximum atomic E-state index is 12.1. The van der Waals surface area contributed by atoms with Crippen LogP contribution in [0.4, 0.5) is 0 Å². The van der Waals surface area contributed by atoms with E-state index in [1.807, 2.05) is 19.9 Å². The Morgan fingerprint density at radius 2 is 1.90 bits per heavy atom. The van der Waals surface area contributed by atoms with Crippen molar-refractivity contribution < 1.29 is 19.1 Å². The first-order valence-electron chi connectivity index (χ1n) is 6.47. The molecule has 0 heterocycles. The minimum Gasteiger partial charge on any atom is -0.493 e. The summed E-state index contributed by atoms with van der Waals surface area (Å²) in [5.74, 6) is 0.729. The van der Waals surface area contributed by atoms with Crippen molar-refractivity contribution in [2.45, 2.75) is 31.8 Å². The van der Waals surface area contributed by atoms with Gasteiger partial charge in [-0.2, -0.15) is 0 Å². The molecular formula is C15H19ClNO4. The Morgan fingerprint density at radius 3 is 2.38 bits per heavy atom. The molecule has 0 aliphatic rings. The topological polar surface area (TPSA) is 55.8 Å². The second-order valence-electron chi connectivity index (χ2n) is 4.73. The van der Waals surface area contributed by atoms with Crippen LogP contribution in [0.2, 0.25) is 0 Å². The SMILES string of the molecule is COc1ccc(CN(C(=O)C(Cl)[C]=O)C(C)C)cc1OC.